The molecule has 2 unspecified atom stereocenters. The first kappa shape index (κ1) is 18.8. The topological polar surface area (TPSA) is 67.4 Å². The van der Waals surface area contributed by atoms with Crippen LogP contribution in [0.1, 0.15) is 25.3 Å². The maximum atomic E-state index is 12.5. The highest BCUT2D eigenvalue weighted by Gasteiger charge is 2.26. The minimum atomic E-state index is -3.54. The minimum Gasteiger partial charge on any atom is -0.489 e. The molecular weight excluding hydrogens is 359 g/mol. The molecule has 130 valence electrons. The number of halogens is 2. The van der Waals surface area contributed by atoms with Crippen molar-refractivity contribution >= 4 is 34.0 Å². The number of ether oxygens (including phenoxy) is 1. The molecule has 0 radical (unpaired) electrons. The molecule has 1 saturated heterocycles. The smallest absolute Gasteiger partial charge is 0.240 e. The second-order valence-electron chi connectivity index (χ2n) is 6.09. The van der Waals surface area contributed by atoms with Gasteiger partial charge in [-0.2, -0.15) is 0 Å². The lowest BCUT2D eigenvalue weighted by atomic mass is 10.0. The van der Waals surface area contributed by atoms with Crippen molar-refractivity contribution in [3.05, 3.63) is 22.7 Å². The minimum absolute atomic E-state index is 0. The van der Waals surface area contributed by atoms with Crippen LogP contribution in [-0.4, -0.2) is 34.2 Å². The number of nitrogens with one attached hydrogen (secondary N) is 2. The number of fused-ring (bicyclic) bond motifs is 1. The zero-order chi connectivity index (χ0) is 15.7. The van der Waals surface area contributed by atoms with Gasteiger partial charge in [-0.1, -0.05) is 11.6 Å². The van der Waals surface area contributed by atoms with Gasteiger partial charge in [0, 0.05) is 18.5 Å². The SMILES string of the molecule is CC1Cc2cc(S(=O)(=O)NCC3CCCNC3)cc(Cl)c2O1.Cl. The Morgan fingerprint density at radius 3 is 2.91 bits per heavy atom. The Balaban J connectivity index is 0.00000192. The van der Waals surface area contributed by atoms with E-state index < -0.39 is 10.0 Å². The number of hydrogen-bond donors (Lipinski definition) is 2. The predicted molar refractivity (Wildman–Crippen MR) is 93.3 cm³/mol. The van der Waals surface area contributed by atoms with Gasteiger partial charge in [0.25, 0.3) is 0 Å². The van der Waals surface area contributed by atoms with Crippen LogP contribution in [0.2, 0.25) is 5.02 Å². The average Bonchev–Trinajstić information content (AvgIpc) is 2.87. The first-order valence-electron chi connectivity index (χ1n) is 7.65. The van der Waals surface area contributed by atoms with Crippen LogP contribution in [0.5, 0.6) is 5.75 Å². The summed E-state index contributed by atoms with van der Waals surface area (Å²) in [5.74, 6) is 0.960. The lowest BCUT2D eigenvalue weighted by molar-refractivity contribution is 0.255. The van der Waals surface area contributed by atoms with Crippen LogP contribution >= 0.6 is 24.0 Å². The van der Waals surface area contributed by atoms with Crippen molar-refractivity contribution in [2.75, 3.05) is 19.6 Å². The normalized spacial score (nSPS) is 23.7. The molecule has 3 rings (SSSR count). The molecule has 1 fully saturated rings. The Bertz CT molecular complexity index is 661. The van der Waals surface area contributed by atoms with E-state index in [1.54, 1.807) is 6.07 Å². The van der Waals surface area contributed by atoms with E-state index in [1.165, 1.54) is 6.07 Å². The first-order valence-corrected chi connectivity index (χ1v) is 9.51. The van der Waals surface area contributed by atoms with Gasteiger partial charge < -0.3 is 10.1 Å². The third kappa shape index (κ3) is 4.31. The summed E-state index contributed by atoms with van der Waals surface area (Å²) in [6.07, 6.45) is 2.86. The van der Waals surface area contributed by atoms with E-state index in [-0.39, 0.29) is 23.4 Å². The molecule has 23 heavy (non-hydrogen) atoms. The number of piperidine rings is 1. The zero-order valence-electron chi connectivity index (χ0n) is 13.0. The fourth-order valence-electron chi connectivity index (χ4n) is 3.02. The lowest BCUT2D eigenvalue weighted by Gasteiger charge is -2.22. The Morgan fingerprint density at radius 2 is 2.22 bits per heavy atom. The van der Waals surface area contributed by atoms with Crippen LogP contribution in [-0.2, 0) is 16.4 Å². The molecule has 0 spiro atoms. The van der Waals surface area contributed by atoms with E-state index in [0.29, 0.717) is 29.7 Å². The van der Waals surface area contributed by atoms with Crippen molar-refractivity contribution in [2.45, 2.75) is 37.2 Å². The van der Waals surface area contributed by atoms with Crippen LogP contribution < -0.4 is 14.8 Å². The molecule has 5 nitrogen and oxygen atoms in total. The molecule has 0 bridgehead atoms. The predicted octanol–water partition coefficient (Wildman–Crippen LogP) is 2.36. The highest BCUT2D eigenvalue weighted by atomic mass is 35.5. The highest BCUT2D eigenvalue weighted by Crippen LogP contribution is 2.37. The van der Waals surface area contributed by atoms with E-state index in [9.17, 15) is 8.42 Å². The summed E-state index contributed by atoms with van der Waals surface area (Å²) in [5.41, 5.74) is 0.861. The zero-order valence-corrected chi connectivity index (χ0v) is 15.4. The van der Waals surface area contributed by atoms with Crippen LogP contribution in [0, 0.1) is 5.92 Å². The van der Waals surface area contributed by atoms with Crippen molar-refractivity contribution in [3.8, 4) is 5.75 Å². The number of sulfonamides is 1. The molecule has 2 atom stereocenters. The van der Waals surface area contributed by atoms with Crippen LogP contribution in [0.15, 0.2) is 17.0 Å². The van der Waals surface area contributed by atoms with Gasteiger partial charge in [-0.15, -0.1) is 12.4 Å². The standard InChI is InChI=1S/C15H21ClN2O3S.ClH/c1-10-5-12-6-13(7-14(16)15(12)21-10)22(19,20)18-9-11-3-2-4-17-8-11;/h6-7,10-11,17-18H,2-5,8-9H2,1H3;1H. The molecule has 8 heteroatoms. The molecule has 2 aliphatic heterocycles. The number of benzene rings is 1. The maximum absolute atomic E-state index is 12.5. The van der Waals surface area contributed by atoms with Gasteiger partial charge in [0.2, 0.25) is 10.0 Å². The molecule has 2 N–H and O–H groups in total. The summed E-state index contributed by atoms with van der Waals surface area (Å²) < 4.78 is 33.3. The van der Waals surface area contributed by atoms with Crippen LogP contribution in [0.4, 0.5) is 0 Å². The van der Waals surface area contributed by atoms with E-state index in [0.717, 1.165) is 31.5 Å². The summed E-state index contributed by atoms with van der Waals surface area (Å²) in [7, 11) is -3.54. The fraction of sp³-hybridized carbons (Fsp3) is 0.600. The van der Waals surface area contributed by atoms with Gasteiger partial charge >= 0.3 is 0 Å². The monoisotopic (exact) mass is 380 g/mol. The highest BCUT2D eigenvalue weighted by molar-refractivity contribution is 7.89. The van der Waals surface area contributed by atoms with Crippen molar-refractivity contribution in [1.29, 1.82) is 0 Å². The van der Waals surface area contributed by atoms with Gasteiger partial charge in [-0.05, 0) is 50.9 Å². The number of rotatable bonds is 4. The molecule has 1 aromatic carbocycles. The van der Waals surface area contributed by atoms with Crippen LogP contribution in [0.25, 0.3) is 0 Å². The van der Waals surface area contributed by atoms with Gasteiger partial charge in [0.05, 0.1) is 9.92 Å². The largest absolute Gasteiger partial charge is 0.489 e. The molecule has 2 aliphatic rings. The summed E-state index contributed by atoms with van der Waals surface area (Å²) >= 11 is 6.17. The molecular formula is C15H22Cl2N2O3S. The van der Waals surface area contributed by atoms with Crippen molar-refractivity contribution in [1.82, 2.24) is 10.0 Å². The van der Waals surface area contributed by atoms with E-state index in [2.05, 4.69) is 10.0 Å². The number of hydrogen-bond acceptors (Lipinski definition) is 4. The Labute approximate surface area is 148 Å². The van der Waals surface area contributed by atoms with Gasteiger partial charge in [0.15, 0.2) is 0 Å². The molecule has 2 heterocycles. The quantitative estimate of drug-likeness (QED) is 0.841. The summed E-state index contributed by atoms with van der Waals surface area (Å²) in [4.78, 5) is 0.220. The van der Waals surface area contributed by atoms with Gasteiger partial charge in [0.1, 0.15) is 11.9 Å². The second kappa shape index (κ2) is 7.57. The maximum Gasteiger partial charge on any atom is 0.240 e. The summed E-state index contributed by atoms with van der Waals surface area (Å²) in [6, 6.07) is 3.14. The van der Waals surface area contributed by atoms with Gasteiger partial charge in [-0.3, -0.25) is 0 Å². The Kier molecular flexibility index (Phi) is 6.19. The molecule has 0 amide bonds. The third-order valence-corrected chi connectivity index (χ3v) is 5.88. The van der Waals surface area contributed by atoms with E-state index in [1.807, 2.05) is 6.92 Å². The van der Waals surface area contributed by atoms with Gasteiger partial charge in [-0.25, -0.2) is 13.1 Å². The average molecular weight is 381 g/mol. The van der Waals surface area contributed by atoms with Crippen molar-refractivity contribution in [2.24, 2.45) is 5.92 Å². The van der Waals surface area contributed by atoms with Crippen molar-refractivity contribution < 1.29 is 13.2 Å². The molecule has 0 saturated carbocycles. The van der Waals surface area contributed by atoms with E-state index >= 15 is 0 Å². The van der Waals surface area contributed by atoms with Crippen LogP contribution in [0.3, 0.4) is 0 Å². The second-order valence-corrected chi connectivity index (χ2v) is 8.26. The third-order valence-electron chi connectivity index (χ3n) is 4.19. The first-order chi connectivity index (χ1) is 10.5. The summed E-state index contributed by atoms with van der Waals surface area (Å²) in [6.45, 7) is 4.27. The Hall–Kier alpha value is -0.530. The Morgan fingerprint density at radius 1 is 1.43 bits per heavy atom. The molecule has 0 aliphatic carbocycles. The lowest BCUT2D eigenvalue weighted by Crippen LogP contribution is -2.38. The molecule has 0 aromatic heterocycles. The fourth-order valence-corrected chi connectivity index (χ4v) is 4.56. The molecule has 1 aromatic rings. The summed E-state index contributed by atoms with van der Waals surface area (Å²) in [5, 5.41) is 3.65. The van der Waals surface area contributed by atoms with Crippen molar-refractivity contribution in [3.63, 3.8) is 0 Å². The van der Waals surface area contributed by atoms with E-state index in [4.69, 9.17) is 16.3 Å².